The van der Waals surface area contributed by atoms with Crippen LogP contribution >= 0.6 is 0 Å². The topological polar surface area (TPSA) is 74.4 Å². The molecule has 2 aliphatic rings. The minimum atomic E-state index is -0.385. The number of hydrogen-bond acceptors (Lipinski definition) is 4. The SMILES string of the molecule is CN1CCC1.COc1ccc(C)c(C(=O)NC2(c3cccc4[nH]c(=O)ccc34)CC2)c1. The normalized spacial score (nSPS) is 16.6. The maximum atomic E-state index is 12.9. The highest BCUT2D eigenvalue weighted by atomic mass is 16.5. The lowest BCUT2D eigenvalue weighted by molar-refractivity contribution is 0.0930. The van der Waals surface area contributed by atoms with E-state index in [-0.39, 0.29) is 17.0 Å². The van der Waals surface area contributed by atoms with Gasteiger partial charge in [0.1, 0.15) is 5.75 Å². The summed E-state index contributed by atoms with van der Waals surface area (Å²) in [6.45, 7) is 4.55. The number of methoxy groups -OCH3 is 1. The summed E-state index contributed by atoms with van der Waals surface area (Å²) in [5, 5.41) is 4.18. The Morgan fingerprint density at radius 1 is 1.13 bits per heavy atom. The second kappa shape index (κ2) is 8.55. The predicted octanol–water partition coefficient (Wildman–Crippen LogP) is 3.59. The summed E-state index contributed by atoms with van der Waals surface area (Å²) in [5.41, 5.74) is 2.83. The zero-order valence-electron chi connectivity index (χ0n) is 18.3. The van der Waals surface area contributed by atoms with Crippen molar-refractivity contribution in [2.24, 2.45) is 0 Å². The van der Waals surface area contributed by atoms with Crippen LogP contribution in [0.3, 0.4) is 0 Å². The van der Waals surface area contributed by atoms with E-state index in [2.05, 4.69) is 22.2 Å². The minimum Gasteiger partial charge on any atom is -0.497 e. The molecule has 1 aromatic heterocycles. The molecule has 1 aliphatic heterocycles. The number of amides is 1. The first-order valence-electron chi connectivity index (χ1n) is 10.7. The molecule has 6 nitrogen and oxygen atoms in total. The Hall–Kier alpha value is -3.12. The first kappa shape index (κ1) is 21.1. The fourth-order valence-corrected chi connectivity index (χ4v) is 3.92. The van der Waals surface area contributed by atoms with Crippen LogP contribution in [0.4, 0.5) is 0 Å². The molecule has 0 atom stereocenters. The van der Waals surface area contributed by atoms with Gasteiger partial charge in [0.15, 0.2) is 0 Å². The molecule has 2 aromatic carbocycles. The molecule has 1 aliphatic carbocycles. The standard InChI is InChI=1S/C21H20N2O3.C4H9N/c1-13-6-7-14(26-2)12-16(13)20(25)23-21(10-11-21)17-4-3-5-18-15(17)8-9-19(24)22-18;1-5-3-2-4-5/h3-9,12H,10-11H2,1-2H3,(H,22,24)(H,23,25);2-4H2,1H3. The van der Waals surface area contributed by atoms with E-state index in [1.54, 1.807) is 13.2 Å². The fourth-order valence-electron chi connectivity index (χ4n) is 3.92. The molecule has 6 heteroatoms. The zero-order chi connectivity index (χ0) is 22.0. The highest BCUT2D eigenvalue weighted by molar-refractivity contribution is 5.97. The number of ether oxygens (including phenoxy) is 1. The summed E-state index contributed by atoms with van der Waals surface area (Å²) in [7, 11) is 3.73. The fraction of sp³-hybridized carbons (Fsp3) is 0.360. The molecule has 5 rings (SSSR count). The lowest BCUT2D eigenvalue weighted by atomic mass is 9.98. The quantitative estimate of drug-likeness (QED) is 0.678. The predicted molar refractivity (Wildman–Crippen MR) is 123 cm³/mol. The number of hydrogen-bond donors (Lipinski definition) is 2. The Morgan fingerprint density at radius 2 is 1.87 bits per heavy atom. The molecule has 2 fully saturated rings. The third kappa shape index (κ3) is 4.49. The number of carbonyl (C=O) groups is 1. The van der Waals surface area contributed by atoms with Gasteiger partial charge in [0.05, 0.1) is 12.6 Å². The Balaban J connectivity index is 0.000000407. The van der Waals surface area contributed by atoms with Gasteiger partial charge >= 0.3 is 0 Å². The molecular weight excluding hydrogens is 390 g/mol. The van der Waals surface area contributed by atoms with Crippen molar-refractivity contribution in [3.63, 3.8) is 0 Å². The minimum absolute atomic E-state index is 0.111. The van der Waals surface area contributed by atoms with Crippen molar-refractivity contribution in [3.05, 3.63) is 75.6 Å². The third-order valence-corrected chi connectivity index (χ3v) is 6.15. The summed E-state index contributed by atoms with van der Waals surface area (Å²) < 4.78 is 5.25. The van der Waals surface area contributed by atoms with Gasteiger partial charge in [-0.2, -0.15) is 0 Å². The van der Waals surface area contributed by atoms with Crippen LogP contribution in [0.15, 0.2) is 53.3 Å². The number of nitrogens with one attached hydrogen (secondary N) is 2. The zero-order valence-corrected chi connectivity index (χ0v) is 18.3. The number of fused-ring (bicyclic) bond motifs is 1. The number of benzene rings is 2. The Bertz CT molecular complexity index is 1160. The lowest BCUT2D eigenvalue weighted by Gasteiger charge is -2.24. The molecule has 3 aromatic rings. The van der Waals surface area contributed by atoms with Gasteiger partial charge in [-0.15, -0.1) is 0 Å². The maximum Gasteiger partial charge on any atom is 0.252 e. The van der Waals surface area contributed by atoms with Gasteiger partial charge in [-0.3, -0.25) is 9.59 Å². The molecule has 0 bridgehead atoms. The van der Waals surface area contributed by atoms with Crippen molar-refractivity contribution < 1.29 is 9.53 Å². The molecular formula is C25H29N3O3. The van der Waals surface area contributed by atoms with Gasteiger partial charge in [-0.05, 0) is 81.7 Å². The monoisotopic (exact) mass is 419 g/mol. The lowest BCUT2D eigenvalue weighted by Crippen LogP contribution is -2.35. The van der Waals surface area contributed by atoms with Gasteiger partial charge in [-0.25, -0.2) is 0 Å². The smallest absolute Gasteiger partial charge is 0.252 e. The largest absolute Gasteiger partial charge is 0.497 e. The van der Waals surface area contributed by atoms with Gasteiger partial charge < -0.3 is 19.9 Å². The van der Waals surface area contributed by atoms with Gasteiger partial charge in [-0.1, -0.05) is 18.2 Å². The molecule has 1 saturated carbocycles. The number of nitrogens with zero attached hydrogens (tertiary/aromatic N) is 1. The molecule has 1 saturated heterocycles. The van der Waals surface area contributed by atoms with Gasteiger partial charge in [0.2, 0.25) is 5.56 Å². The van der Waals surface area contributed by atoms with Crippen molar-refractivity contribution in [3.8, 4) is 5.75 Å². The second-order valence-corrected chi connectivity index (χ2v) is 8.46. The van der Waals surface area contributed by atoms with E-state index in [1.165, 1.54) is 25.6 Å². The molecule has 162 valence electrons. The van der Waals surface area contributed by atoms with Crippen LogP contribution in [-0.2, 0) is 5.54 Å². The maximum absolute atomic E-state index is 12.9. The van der Waals surface area contributed by atoms with Crippen LogP contribution in [0.25, 0.3) is 10.9 Å². The average molecular weight is 420 g/mol. The Labute approximate surface area is 182 Å². The first-order chi connectivity index (χ1) is 14.9. The van der Waals surface area contributed by atoms with E-state index < -0.39 is 0 Å². The highest BCUT2D eigenvalue weighted by Gasteiger charge is 2.46. The van der Waals surface area contributed by atoms with Crippen molar-refractivity contribution in [1.82, 2.24) is 15.2 Å². The van der Waals surface area contributed by atoms with E-state index in [9.17, 15) is 9.59 Å². The van der Waals surface area contributed by atoms with E-state index >= 15 is 0 Å². The second-order valence-electron chi connectivity index (χ2n) is 8.46. The third-order valence-electron chi connectivity index (χ3n) is 6.15. The van der Waals surface area contributed by atoms with Gasteiger partial charge in [0, 0.05) is 22.5 Å². The summed E-state index contributed by atoms with van der Waals surface area (Å²) in [6, 6.07) is 14.7. The van der Waals surface area contributed by atoms with Crippen molar-refractivity contribution in [1.29, 1.82) is 0 Å². The number of likely N-dealkylation sites (tertiary alicyclic amines) is 1. The Morgan fingerprint density at radius 3 is 2.48 bits per heavy atom. The molecule has 2 heterocycles. The number of H-pyrrole nitrogens is 1. The number of rotatable bonds is 4. The highest BCUT2D eigenvalue weighted by Crippen LogP contribution is 2.47. The molecule has 0 spiro atoms. The number of aromatic nitrogens is 1. The number of pyridine rings is 1. The Kier molecular flexibility index (Phi) is 5.83. The van der Waals surface area contributed by atoms with Crippen molar-refractivity contribution in [2.45, 2.75) is 31.7 Å². The van der Waals surface area contributed by atoms with E-state index in [0.717, 1.165) is 34.9 Å². The van der Waals surface area contributed by atoms with E-state index in [0.29, 0.717) is 11.3 Å². The molecule has 2 N–H and O–H groups in total. The summed E-state index contributed by atoms with van der Waals surface area (Å²) >= 11 is 0. The van der Waals surface area contributed by atoms with Crippen LogP contribution in [0.1, 0.15) is 40.7 Å². The molecule has 0 unspecified atom stereocenters. The summed E-state index contributed by atoms with van der Waals surface area (Å²) in [6.07, 6.45) is 3.16. The van der Waals surface area contributed by atoms with Crippen molar-refractivity contribution in [2.75, 3.05) is 27.2 Å². The molecule has 0 radical (unpaired) electrons. The van der Waals surface area contributed by atoms with E-state index in [1.807, 2.05) is 43.3 Å². The summed E-state index contributed by atoms with van der Waals surface area (Å²) in [5.74, 6) is 0.550. The number of carbonyl (C=O) groups excluding carboxylic acids is 1. The molecule has 1 amide bonds. The molecule has 31 heavy (non-hydrogen) atoms. The van der Waals surface area contributed by atoms with E-state index in [4.69, 9.17) is 4.74 Å². The van der Waals surface area contributed by atoms with Crippen LogP contribution in [0.5, 0.6) is 5.75 Å². The first-order valence-corrected chi connectivity index (χ1v) is 10.7. The van der Waals surface area contributed by atoms with Crippen LogP contribution in [0.2, 0.25) is 0 Å². The summed E-state index contributed by atoms with van der Waals surface area (Å²) in [4.78, 5) is 29.7. The van der Waals surface area contributed by atoms with Crippen LogP contribution < -0.4 is 15.6 Å². The van der Waals surface area contributed by atoms with Crippen LogP contribution in [0, 0.1) is 6.92 Å². The van der Waals surface area contributed by atoms with Crippen molar-refractivity contribution >= 4 is 16.8 Å². The van der Waals surface area contributed by atoms with Gasteiger partial charge in [0.25, 0.3) is 5.91 Å². The average Bonchev–Trinajstić information content (AvgIpc) is 3.52. The number of aryl methyl sites for hydroxylation is 1. The number of aromatic amines is 1. The van der Waals surface area contributed by atoms with Crippen LogP contribution in [-0.4, -0.2) is 43.0 Å².